The average molecular weight is 475 g/mol. The van der Waals surface area contributed by atoms with E-state index in [0.29, 0.717) is 19.6 Å². The Hall–Kier alpha value is -3.32. The summed E-state index contributed by atoms with van der Waals surface area (Å²) in [6, 6.07) is 14.7. The van der Waals surface area contributed by atoms with Gasteiger partial charge in [0.15, 0.2) is 0 Å². The van der Waals surface area contributed by atoms with E-state index in [9.17, 15) is 9.18 Å². The summed E-state index contributed by atoms with van der Waals surface area (Å²) < 4.78 is 19.6. The number of nitrogens with zero attached hydrogens (tertiary/aromatic N) is 3. The fourth-order valence-electron chi connectivity index (χ4n) is 4.56. The molecule has 0 bridgehead atoms. The Morgan fingerprint density at radius 2 is 1.86 bits per heavy atom. The molecule has 1 saturated carbocycles. The van der Waals surface area contributed by atoms with Gasteiger partial charge in [0.25, 0.3) is 0 Å². The number of carbonyl (C=O) groups excluding carboxylic acids is 1. The molecule has 1 N–H and O–H groups in total. The number of carbonyl (C=O) groups is 1. The molecule has 182 valence electrons. The Bertz CT molecular complexity index is 1170. The summed E-state index contributed by atoms with van der Waals surface area (Å²) in [4.78, 5) is 22.5. The molecular weight excluding hydrogens is 443 g/mol. The first-order valence-corrected chi connectivity index (χ1v) is 12.2. The summed E-state index contributed by atoms with van der Waals surface area (Å²) in [6.45, 7) is 5.38. The van der Waals surface area contributed by atoms with E-state index in [1.165, 1.54) is 23.0 Å². The Morgan fingerprint density at radius 1 is 1.11 bits per heavy atom. The Kier molecular flexibility index (Phi) is 6.77. The summed E-state index contributed by atoms with van der Waals surface area (Å²) >= 11 is 0. The fraction of sp³-hybridized carbons (Fsp3) is 0.393. The molecule has 1 aliphatic carbocycles. The average Bonchev–Trinajstić information content (AvgIpc) is 3.49. The van der Waals surface area contributed by atoms with Crippen molar-refractivity contribution in [1.29, 1.82) is 0 Å². The highest BCUT2D eigenvalue weighted by molar-refractivity contribution is 5.78. The molecule has 35 heavy (non-hydrogen) atoms. The number of aromatic nitrogens is 2. The quantitative estimate of drug-likeness (QED) is 0.507. The molecule has 0 spiro atoms. The van der Waals surface area contributed by atoms with Crippen LogP contribution in [0.4, 0.5) is 4.39 Å². The molecule has 6 nitrogen and oxygen atoms in total. The second kappa shape index (κ2) is 10.1. The molecular formula is C28H31FN4O2. The molecule has 2 unspecified atom stereocenters. The van der Waals surface area contributed by atoms with Crippen molar-refractivity contribution in [3.63, 3.8) is 0 Å². The molecule has 1 aliphatic heterocycles. The number of alkyl halides is 1. The molecule has 1 aromatic heterocycles. The van der Waals surface area contributed by atoms with E-state index in [2.05, 4.69) is 56.6 Å². The largest absolute Gasteiger partial charge is 0.493 e. The first-order chi connectivity index (χ1) is 16.9. The van der Waals surface area contributed by atoms with Crippen LogP contribution in [0.15, 0.2) is 61.2 Å². The fourth-order valence-corrected chi connectivity index (χ4v) is 4.56. The highest BCUT2D eigenvalue weighted by atomic mass is 19.1. The predicted octanol–water partition coefficient (Wildman–Crippen LogP) is 4.02. The molecule has 1 amide bonds. The molecule has 1 fully saturated rings. The maximum Gasteiger partial charge on any atom is 0.224 e. The lowest BCUT2D eigenvalue weighted by atomic mass is 9.99. The summed E-state index contributed by atoms with van der Waals surface area (Å²) in [7, 11) is 0. The predicted molar refractivity (Wildman–Crippen MR) is 131 cm³/mol. The van der Waals surface area contributed by atoms with Crippen molar-refractivity contribution in [2.45, 2.75) is 51.5 Å². The normalized spacial score (nSPS) is 21.3. The Labute approximate surface area is 205 Å². The van der Waals surface area contributed by atoms with Gasteiger partial charge in [0.1, 0.15) is 17.7 Å². The van der Waals surface area contributed by atoms with Gasteiger partial charge < -0.3 is 10.1 Å². The van der Waals surface area contributed by atoms with Crippen LogP contribution in [0.2, 0.25) is 0 Å². The van der Waals surface area contributed by atoms with Crippen LogP contribution >= 0.6 is 0 Å². The number of benzene rings is 2. The van der Waals surface area contributed by atoms with E-state index in [1.807, 2.05) is 6.07 Å². The number of hydrogen-bond acceptors (Lipinski definition) is 5. The molecule has 0 saturated heterocycles. The van der Waals surface area contributed by atoms with Crippen molar-refractivity contribution in [2.75, 3.05) is 13.2 Å². The van der Waals surface area contributed by atoms with Gasteiger partial charge in [-0.1, -0.05) is 30.3 Å². The summed E-state index contributed by atoms with van der Waals surface area (Å²) in [5, 5.41) is 2.95. The van der Waals surface area contributed by atoms with Gasteiger partial charge in [0.2, 0.25) is 5.91 Å². The van der Waals surface area contributed by atoms with Gasteiger partial charge >= 0.3 is 0 Å². The van der Waals surface area contributed by atoms with Gasteiger partial charge in [-0.25, -0.2) is 14.4 Å². The zero-order valence-electron chi connectivity index (χ0n) is 20.0. The Balaban J connectivity index is 1.08. The van der Waals surface area contributed by atoms with Crippen molar-refractivity contribution in [3.05, 3.63) is 89.0 Å². The van der Waals surface area contributed by atoms with Gasteiger partial charge in [0.05, 0.1) is 13.0 Å². The third-order valence-corrected chi connectivity index (χ3v) is 6.95. The van der Waals surface area contributed by atoms with E-state index in [-0.39, 0.29) is 18.2 Å². The molecule has 0 radical (unpaired) electrons. The number of ether oxygens (including phenoxy) is 1. The summed E-state index contributed by atoms with van der Waals surface area (Å²) in [5.74, 6) is 0.832. The lowest BCUT2D eigenvalue weighted by Gasteiger charge is -2.29. The van der Waals surface area contributed by atoms with Crippen LogP contribution in [-0.2, 0) is 37.3 Å². The van der Waals surface area contributed by atoms with Crippen molar-refractivity contribution < 1.29 is 13.9 Å². The van der Waals surface area contributed by atoms with Crippen LogP contribution in [0, 0.1) is 5.92 Å². The lowest BCUT2D eigenvalue weighted by molar-refractivity contribution is -0.120. The van der Waals surface area contributed by atoms with Gasteiger partial charge in [-0.2, -0.15) is 0 Å². The number of fused-ring (bicyclic) bond motifs is 1. The maximum absolute atomic E-state index is 13.7. The zero-order valence-corrected chi connectivity index (χ0v) is 20.0. The smallest absolute Gasteiger partial charge is 0.224 e. The molecule has 3 aromatic rings. The maximum atomic E-state index is 13.7. The van der Waals surface area contributed by atoms with Crippen molar-refractivity contribution in [1.82, 2.24) is 20.2 Å². The van der Waals surface area contributed by atoms with Crippen LogP contribution in [0.25, 0.3) is 0 Å². The van der Waals surface area contributed by atoms with Crippen molar-refractivity contribution in [3.8, 4) is 5.75 Å². The van der Waals surface area contributed by atoms with Crippen molar-refractivity contribution >= 4 is 5.91 Å². The number of amides is 1. The van der Waals surface area contributed by atoms with E-state index < -0.39 is 5.67 Å². The van der Waals surface area contributed by atoms with E-state index in [4.69, 9.17) is 4.74 Å². The minimum atomic E-state index is -1.04. The highest BCUT2D eigenvalue weighted by Gasteiger charge is 2.51. The van der Waals surface area contributed by atoms with Crippen LogP contribution in [-0.4, -0.2) is 39.6 Å². The molecule has 2 aliphatic rings. The number of rotatable bonds is 9. The van der Waals surface area contributed by atoms with Crippen molar-refractivity contribution in [2.24, 2.45) is 5.92 Å². The topological polar surface area (TPSA) is 67.3 Å². The highest BCUT2D eigenvalue weighted by Crippen LogP contribution is 2.46. The first kappa shape index (κ1) is 23.4. The van der Waals surface area contributed by atoms with E-state index >= 15 is 0 Å². The standard InChI is InChI=1S/C28H31FN4O2/c1-28(29)12-25(28)18-35-26-7-6-24-17-33(9-8-23(24)11-26)16-21-4-2-20(3-5-21)15-32-27(34)10-22-13-30-19-31-14-22/h2-7,11,13-14,19,25H,8-10,12,15-18H2,1H3,(H,32,34). The van der Waals surface area contributed by atoms with Crippen LogP contribution < -0.4 is 10.1 Å². The zero-order chi connectivity index (χ0) is 24.3. The molecule has 2 heterocycles. The van der Waals surface area contributed by atoms with Gasteiger partial charge in [-0.3, -0.25) is 9.69 Å². The lowest BCUT2D eigenvalue weighted by Crippen LogP contribution is -2.30. The number of halogens is 1. The molecule has 2 aromatic carbocycles. The molecule has 5 rings (SSSR count). The SMILES string of the molecule is CC1(F)CC1COc1ccc2c(c1)CCN(Cc1ccc(CNC(=O)Cc3cncnc3)cc1)C2. The molecule has 2 atom stereocenters. The van der Waals surface area contributed by atoms with Gasteiger partial charge in [-0.05, 0) is 59.7 Å². The third-order valence-electron chi connectivity index (χ3n) is 6.95. The summed E-state index contributed by atoms with van der Waals surface area (Å²) in [5.41, 5.74) is 4.74. The van der Waals surface area contributed by atoms with Gasteiger partial charge in [-0.15, -0.1) is 0 Å². The minimum Gasteiger partial charge on any atom is -0.493 e. The number of hydrogen-bond donors (Lipinski definition) is 1. The van der Waals surface area contributed by atoms with E-state index in [0.717, 1.165) is 42.9 Å². The monoisotopic (exact) mass is 474 g/mol. The molecule has 7 heteroatoms. The Morgan fingerprint density at radius 3 is 2.60 bits per heavy atom. The number of nitrogens with one attached hydrogen (secondary N) is 1. The van der Waals surface area contributed by atoms with Crippen LogP contribution in [0.3, 0.4) is 0 Å². The first-order valence-electron chi connectivity index (χ1n) is 12.2. The van der Waals surface area contributed by atoms with Gasteiger partial charge in [0, 0.05) is 44.5 Å². The van der Waals surface area contributed by atoms with Crippen LogP contribution in [0.1, 0.15) is 41.2 Å². The second-order valence-corrected chi connectivity index (χ2v) is 9.90. The van der Waals surface area contributed by atoms with Crippen LogP contribution in [0.5, 0.6) is 5.75 Å². The third kappa shape index (κ3) is 6.22. The summed E-state index contributed by atoms with van der Waals surface area (Å²) in [6.07, 6.45) is 6.63. The second-order valence-electron chi connectivity index (χ2n) is 9.90. The van der Waals surface area contributed by atoms with E-state index in [1.54, 1.807) is 19.3 Å². The minimum absolute atomic E-state index is 0.0288.